The first kappa shape index (κ1) is 12.7. The number of nitrogens with one attached hydrogen (secondary N) is 1. The Bertz CT molecular complexity index is 373. The molecule has 0 unspecified atom stereocenters. The molecule has 17 heavy (non-hydrogen) atoms. The predicted octanol–water partition coefficient (Wildman–Crippen LogP) is 1.81. The lowest BCUT2D eigenvalue weighted by molar-refractivity contribution is 0.312. The maximum atomic E-state index is 6.28. The second-order valence-corrected chi connectivity index (χ2v) is 4.97. The third kappa shape index (κ3) is 2.92. The molecule has 0 radical (unpaired) electrons. The van der Waals surface area contributed by atoms with Gasteiger partial charge in [-0.25, -0.2) is 0 Å². The molecule has 0 spiro atoms. The van der Waals surface area contributed by atoms with Crippen LogP contribution < -0.4 is 10.2 Å². The quantitative estimate of drug-likeness (QED) is 0.887. The Morgan fingerprint density at radius 2 is 1.94 bits per heavy atom. The topological polar surface area (TPSA) is 18.5 Å². The van der Waals surface area contributed by atoms with Crippen LogP contribution in [0.2, 0.25) is 5.02 Å². The Hall–Kier alpha value is -0.770. The molecule has 0 aromatic heterocycles. The minimum atomic E-state index is 0.821. The molecule has 1 aliphatic rings. The minimum absolute atomic E-state index is 0.821. The summed E-state index contributed by atoms with van der Waals surface area (Å²) < 4.78 is 0. The standard InChI is InChI=1S/C13H20ClN3/c1-15-10-11-12(14)4-3-5-13(11)17-8-6-16(2)7-9-17/h3-5,15H,6-10H2,1-2H3. The molecule has 1 aliphatic heterocycles. The smallest absolute Gasteiger partial charge is 0.0471 e. The van der Waals surface area contributed by atoms with E-state index in [2.05, 4.69) is 28.2 Å². The van der Waals surface area contributed by atoms with Crippen molar-refractivity contribution in [3.8, 4) is 0 Å². The highest BCUT2D eigenvalue weighted by atomic mass is 35.5. The van der Waals surface area contributed by atoms with Crippen LogP contribution in [0.5, 0.6) is 0 Å². The first-order valence-corrected chi connectivity index (χ1v) is 6.45. The normalized spacial score (nSPS) is 17.5. The lowest BCUT2D eigenvalue weighted by Gasteiger charge is -2.35. The van der Waals surface area contributed by atoms with Crippen molar-refractivity contribution in [3.05, 3.63) is 28.8 Å². The molecule has 0 amide bonds. The highest BCUT2D eigenvalue weighted by molar-refractivity contribution is 6.31. The van der Waals surface area contributed by atoms with Crippen LogP contribution in [0.3, 0.4) is 0 Å². The average molecular weight is 254 g/mol. The molecular weight excluding hydrogens is 234 g/mol. The number of nitrogens with zero attached hydrogens (tertiary/aromatic N) is 2. The number of anilines is 1. The molecule has 3 nitrogen and oxygen atoms in total. The molecule has 1 aromatic carbocycles. The molecule has 94 valence electrons. The zero-order valence-corrected chi connectivity index (χ0v) is 11.3. The van der Waals surface area contributed by atoms with Crippen molar-refractivity contribution < 1.29 is 0 Å². The van der Waals surface area contributed by atoms with Crippen LogP contribution >= 0.6 is 11.6 Å². The van der Waals surface area contributed by atoms with Crippen molar-refractivity contribution >= 4 is 17.3 Å². The summed E-state index contributed by atoms with van der Waals surface area (Å²) in [5.41, 5.74) is 2.49. The van der Waals surface area contributed by atoms with Crippen molar-refractivity contribution in [2.24, 2.45) is 0 Å². The fourth-order valence-corrected chi connectivity index (χ4v) is 2.48. The van der Waals surface area contributed by atoms with Crippen molar-refractivity contribution in [1.29, 1.82) is 0 Å². The van der Waals surface area contributed by atoms with Crippen LogP contribution in [0.4, 0.5) is 5.69 Å². The van der Waals surface area contributed by atoms with E-state index >= 15 is 0 Å². The van der Waals surface area contributed by atoms with E-state index in [9.17, 15) is 0 Å². The van der Waals surface area contributed by atoms with Gasteiger partial charge in [0.15, 0.2) is 0 Å². The summed E-state index contributed by atoms with van der Waals surface area (Å²) in [6, 6.07) is 6.17. The van der Waals surface area contributed by atoms with Gasteiger partial charge in [0.05, 0.1) is 0 Å². The van der Waals surface area contributed by atoms with Gasteiger partial charge in [-0.2, -0.15) is 0 Å². The fourth-order valence-electron chi connectivity index (χ4n) is 2.24. The Balaban J connectivity index is 2.22. The summed E-state index contributed by atoms with van der Waals surface area (Å²) >= 11 is 6.28. The number of piperazine rings is 1. The van der Waals surface area contributed by atoms with Gasteiger partial charge in [0, 0.05) is 49.0 Å². The molecule has 0 bridgehead atoms. The van der Waals surface area contributed by atoms with E-state index < -0.39 is 0 Å². The molecule has 0 aliphatic carbocycles. The molecular formula is C13H20ClN3. The molecule has 0 saturated carbocycles. The minimum Gasteiger partial charge on any atom is -0.369 e. The number of likely N-dealkylation sites (N-methyl/N-ethyl adjacent to an activating group) is 1. The molecule has 0 atom stereocenters. The average Bonchev–Trinajstić information content (AvgIpc) is 2.33. The number of benzene rings is 1. The van der Waals surface area contributed by atoms with Gasteiger partial charge in [0.1, 0.15) is 0 Å². The maximum Gasteiger partial charge on any atom is 0.0471 e. The van der Waals surface area contributed by atoms with Crippen LogP contribution in [-0.2, 0) is 6.54 Å². The third-order valence-corrected chi connectivity index (χ3v) is 3.65. The second kappa shape index (κ2) is 5.71. The molecule has 1 heterocycles. The second-order valence-electron chi connectivity index (χ2n) is 4.56. The maximum absolute atomic E-state index is 6.28. The Morgan fingerprint density at radius 1 is 1.24 bits per heavy atom. The monoisotopic (exact) mass is 253 g/mol. The van der Waals surface area contributed by atoms with Gasteiger partial charge in [0.2, 0.25) is 0 Å². The zero-order chi connectivity index (χ0) is 12.3. The summed E-state index contributed by atoms with van der Waals surface area (Å²) in [6.45, 7) is 5.21. The number of rotatable bonds is 3. The van der Waals surface area contributed by atoms with Gasteiger partial charge in [-0.15, -0.1) is 0 Å². The summed E-state index contributed by atoms with van der Waals surface area (Å²) in [7, 11) is 4.13. The summed E-state index contributed by atoms with van der Waals surface area (Å²) in [5.74, 6) is 0. The molecule has 1 aromatic rings. The lowest BCUT2D eigenvalue weighted by Crippen LogP contribution is -2.44. The Morgan fingerprint density at radius 3 is 2.59 bits per heavy atom. The van der Waals surface area contributed by atoms with Crippen LogP contribution in [0.15, 0.2) is 18.2 Å². The first-order chi connectivity index (χ1) is 8.22. The molecule has 1 saturated heterocycles. The van der Waals surface area contributed by atoms with Crippen molar-refractivity contribution in [2.45, 2.75) is 6.54 Å². The van der Waals surface area contributed by atoms with E-state index in [4.69, 9.17) is 11.6 Å². The van der Waals surface area contributed by atoms with Crippen LogP contribution in [0, 0.1) is 0 Å². The SMILES string of the molecule is CNCc1c(Cl)cccc1N1CCN(C)CC1. The largest absolute Gasteiger partial charge is 0.369 e. The Labute approximate surface area is 108 Å². The van der Waals surface area contributed by atoms with Crippen LogP contribution in [-0.4, -0.2) is 45.2 Å². The van der Waals surface area contributed by atoms with Gasteiger partial charge in [-0.3, -0.25) is 0 Å². The number of halogens is 1. The zero-order valence-electron chi connectivity index (χ0n) is 10.5. The van der Waals surface area contributed by atoms with Crippen molar-refractivity contribution in [3.63, 3.8) is 0 Å². The summed E-state index contributed by atoms with van der Waals surface area (Å²) in [4.78, 5) is 4.79. The fraction of sp³-hybridized carbons (Fsp3) is 0.538. The number of hydrogen-bond donors (Lipinski definition) is 1. The highest BCUT2D eigenvalue weighted by Gasteiger charge is 2.17. The molecule has 2 rings (SSSR count). The van der Waals surface area contributed by atoms with E-state index in [1.165, 1.54) is 11.3 Å². The number of hydrogen-bond acceptors (Lipinski definition) is 3. The first-order valence-electron chi connectivity index (χ1n) is 6.08. The van der Waals surface area contributed by atoms with Gasteiger partial charge in [0.25, 0.3) is 0 Å². The molecule has 1 fully saturated rings. The van der Waals surface area contributed by atoms with Gasteiger partial charge < -0.3 is 15.1 Å². The van der Waals surface area contributed by atoms with E-state index in [0.717, 1.165) is 37.7 Å². The van der Waals surface area contributed by atoms with E-state index in [1.54, 1.807) is 0 Å². The van der Waals surface area contributed by atoms with Gasteiger partial charge >= 0.3 is 0 Å². The van der Waals surface area contributed by atoms with E-state index in [-0.39, 0.29) is 0 Å². The lowest BCUT2D eigenvalue weighted by atomic mass is 10.1. The van der Waals surface area contributed by atoms with Crippen molar-refractivity contribution in [2.75, 3.05) is 45.2 Å². The molecule has 4 heteroatoms. The van der Waals surface area contributed by atoms with Gasteiger partial charge in [-0.1, -0.05) is 17.7 Å². The van der Waals surface area contributed by atoms with E-state index in [0.29, 0.717) is 0 Å². The Kier molecular flexibility index (Phi) is 4.26. The third-order valence-electron chi connectivity index (χ3n) is 3.29. The highest BCUT2D eigenvalue weighted by Crippen LogP contribution is 2.28. The van der Waals surface area contributed by atoms with Crippen LogP contribution in [0.1, 0.15) is 5.56 Å². The molecule has 1 N–H and O–H groups in total. The summed E-state index contributed by atoms with van der Waals surface area (Å²) in [5, 5.41) is 4.05. The predicted molar refractivity (Wildman–Crippen MR) is 73.9 cm³/mol. The van der Waals surface area contributed by atoms with Gasteiger partial charge in [-0.05, 0) is 26.2 Å². The van der Waals surface area contributed by atoms with Crippen molar-refractivity contribution in [1.82, 2.24) is 10.2 Å². The summed E-state index contributed by atoms with van der Waals surface area (Å²) in [6.07, 6.45) is 0. The van der Waals surface area contributed by atoms with E-state index in [1.807, 2.05) is 19.2 Å². The van der Waals surface area contributed by atoms with Crippen LogP contribution in [0.25, 0.3) is 0 Å².